The summed E-state index contributed by atoms with van der Waals surface area (Å²) < 4.78 is 0. The van der Waals surface area contributed by atoms with Gasteiger partial charge in [0, 0.05) is 5.56 Å². The maximum Gasteiger partial charge on any atom is 0.328 e. The van der Waals surface area contributed by atoms with Crippen LogP contribution in [0.2, 0.25) is 0 Å². The Labute approximate surface area is 120 Å². The summed E-state index contributed by atoms with van der Waals surface area (Å²) >= 11 is 0. The topological polar surface area (TPSA) is 115 Å². The van der Waals surface area contributed by atoms with E-state index >= 15 is 0 Å². The molecular formula is C14H15N3O4. The van der Waals surface area contributed by atoms with Crippen molar-refractivity contribution in [1.29, 1.82) is 0 Å². The van der Waals surface area contributed by atoms with Crippen LogP contribution in [-0.4, -0.2) is 44.4 Å². The highest BCUT2D eigenvalue weighted by Crippen LogP contribution is 2.16. The Morgan fingerprint density at radius 3 is 2.52 bits per heavy atom. The second-order valence-electron chi connectivity index (χ2n) is 4.56. The minimum atomic E-state index is -1.37. The van der Waals surface area contributed by atoms with Crippen LogP contribution >= 0.6 is 0 Å². The fraction of sp³-hybridized carbons (Fsp3) is 0.214. The molecule has 1 aromatic carbocycles. The predicted molar refractivity (Wildman–Crippen MR) is 74.6 cm³/mol. The highest BCUT2D eigenvalue weighted by molar-refractivity contribution is 5.95. The van der Waals surface area contributed by atoms with Crippen molar-refractivity contribution in [3.63, 3.8) is 0 Å². The number of carbonyl (C=O) groups excluding carboxylic acids is 1. The molecule has 0 spiro atoms. The van der Waals surface area contributed by atoms with Crippen LogP contribution in [0.15, 0.2) is 36.4 Å². The molecule has 0 fully saturated rings. The number of nitrogens with one attached hydrogen (secondary N) is 2. The van der Waals surface area contributed by atoms with E-state index in [-0.39, 0.29) is 5.69 Å². The van der Waals surface area contributed by atoms with Crippen LogP contribution in [-0.2, 0) is 4.79 Å². The zero-order valence-electron chi connectivity index (χ0n) is 11.3. The molecule has 0 aliphatic carbocycles. The summed E-state index contributed by atoms with van der Waals surface area (Å²) in [6.07, 6.45) is -1.21. The number of aromatic nitrogens is 2. The van der Waals surface area contributed by atoms with E-state index in [9.17, 15) is 14.7 Å². The van der Waals surface area contributed by atoms with Crippen molar-refractivity contribution in [3.05, 3.63) is 42.1 Å². The summed E-state index contributed by atoms with van der Waals surface area (Å²) in [5.41, 5.74) is 1.53. The molecule has 0 saturated carbocycles. The lowest BCUT2D eigenvalue weighted by molar-refractivity contribution is -0.141. The Hall–Kier alpha value is -2.67. The first-order valence-corrected chi connectivity index (χ1v) is 6.31. The molecule has 1 amide bonds. The molecule has 0 aliphatic rings. The number of hydrogen-bond acceptors (Lipinski definition) is 4. The SMILES string of the molecule is C[C@@H](O)[C@H](NC(=O)c1cc(-c2ccccc2)n[nH]1)C(=O)O. The number of rotatable bonds is 5. The van der Waals surface area contributed by atoms with Gasteiger partial charge in [0.15, 0.2) is 6.04 Å². The smallest absolute Gasteiger partial charge is 0.328 e. The number of aromatic amines is 1. The molecule has 1 heterocycles. The fourth-order valence-electron chi connectivity index (χ4n) is 1.80. The number of carboxylic acid groups (broad SMARTS) is 1. The van der Waals surface area contributed by atoms with Gasteiger partial charge in [0.25, 0.3) is 5.91 Å². The fourth-order valence-corrected chi connectivity index (χ4v) is 1.80. The van der Waals surface area contributed by atoms with Gasteiger partial charge in [0.05, 0.1) is 11.8 Å². The molecule has 2 aromatic rings. The van der Waals surface area contributed by atoms with E-state index in [0.717, 1.165) is 5.56 Å². The number of carboxylic acids is 1. The highest BCUT2D eigenvalue weighted by Gasteiger charge is 2.26. The Balaban J connectivity index is 2.14. The molecule has 7 nitrogen and oxygen atoms in total. The summed E-state index contributed by atoms with van der Waals surface area (Å²) in [5, 5.41) is 27.1. The minimum Gasteiger partial charge on any atom is -0.480 e. The van der Waals surface area contributed by atoms with E-state index in [2.05, 4.69) is 15.5 Å². The number of nitrogens with zero attached hydrogens (tertiary/aromatic N) is 1. The van der Waals surface area contributed by atoms with Gasteiger partial charge in [-0.3, -0.25) is 9.89 Å². The molecule has 0 bridgehead atoms. The van der Waals surface area contributed by atoms with Crippen molar-refractivity contribution in [1.82, 2.24) is 15.5 Å². The van der Waals surface area contributed by atoms with E-state index in [4.69, 9.17) is 5.11 Å². The Bertz CT molecular complexity index is 637. The number of amides is 1. The second kappa shape index (κ2) is 6.19. The van der Waals surface area contributed by atoms with Crippen LogP contribution in [0.25, 0.3) is 11.3 Å². The van der Waals surface area contributed by atoms with Gasteiger partial charge in [-0.15, -0.1) is 0 Å². The summed E-state index contributed by atoms with van der Waals surface area (Å²) in [5.74, 6) is -1.95. The summed E-state index contributed by atoms with van der Waals surface area (Å²) in [6, 6.07) is 9.38. The molecule has 0 unspecified atom stereocenters. The van der Waals surface area contributed by atoms with Crippen molar-refractivity contribution in [3.8, 4) is 11.3 Å². The van der Waals surface area contributed by atoms with Crippen molar-refractivity contribution >= 4 is 11.9 Å². The van der Waals surface area contributed by atoms with Gasteiger partial charge in [0.1, 0.15) is 5.69 Å². The summed E-state index contributed by atoms with van der Waals surface area (Å²) in [7, 11) is 0. The number of benzene rings is 1. The predicted octanol–water partition coefficient (Wildman–Crippen LogP) is 0.640. The van der Waals surface area contributed by atoms with Crippen LogP contribution in [0.3, 0.4) is 0 Å². The van der Waals surface area contributed by atoms with Crippen LogP contribution in [0.1, 0.15) is 17.4 Å². The van der Waals surface area contributed by atoms with E-state index in [1.54, 1.807) is 0 Å². The molecule has 21 heavy (non-hydrogen) atoms. The van der Waals surface area contributed by atoms with Crippen molar-refractivity contribution in [2.24, 2.45) is 0 Å². The molecule has 0 saturated heterocycles. The van der Waals surface area contributed by atoms with Gasteiger partial charge in [-0.1, -0.05) is 30.3 Å². The molecule has 1 aromatic heterocycles. The van der Waals surface area contributed by atoms with Crippen LogP contribution in [0, 0.1) is 0 Å². The van der Waals surface area contributed by atoms with Crippen LogP contribution < -0.4 is 5.32 Å². The Morgan fingerprint density at radius 1 is 1.29 bits per heavy atom. The van der Waals surface area contributed by atoms with Crippen LogP contribution in [0.5, 0.6) is 0 Å². The summed E-state index contributed by atoms with van der Waals surface area (Å²) in [4.78, 5) is 22.9. The third-order valence-corrected chi connectivity index (χ3v) is 2.93. The minimum absolute atomic E-state index is 0.126. The monoisotopic (exact) mass is 289 g/mol. The highest BCUT2D eigenvalue weighted by atomic mass is 16.4. The number of aliphatic hydroxyl groups is 1. The number of H-pyrrole nitrogens is 1. The average Bonchev–Trinajstić information content (AvgIpc) is 2.94. The quantitative estimate of drug-likeness (QED) is 0.644. The number of hydrogen-bond donors (Lipinski definition) is 4. The van der Waals surface area contributed by atoms with Gasteiger partial charge in [0.2, 0.25) is 0 Å². The van der Waals surface area contributed by atoms with Crippen molar-refractivity contribution < 1.29 is 19.8 Å². The average molecular weight is 289 g/mol. The number of aliphatic hydroxyl groups excluding tert-OH is 1. The van der Waals surface area contributed by atoms with E-state index in [1.807, 2.05) is 30.3 Å². The number of aliphatic carboxylic acids is 1. The lowest BCUT2D eigenvalue weighted by Gasteiger charge is -2.16. The standard InChI is InChI=1S/C14H15N3O4/c1-8(18)12(14(20)21)15-13(19)11-7-10(16-17-11)9-5-3-2-4-6-9/h2-8,12,18H,1H3,(H,15,19)(H,16,17)(H,20,21)/t8-,12+/m1/s1. The zero-order chi connectivity index (χ0) is 15.4. The third-order valence-electron chi connectivity index (χ3n) is 2.93. The van der Waals surface area contributed by atoms with Gasteiger partial charge in [-0.2, -0.15) is 5.10 Å². The first kappa shape index (κ1) is 14.7. The maximum atomic E-state index is 12.0. The Morgan fingerprint density at radius 2 is 1.95 bits per heavy atom. The van der Waals surface area contributed by atoms with Crippen molar-refractivity contribution in [2.75, 3.05) is 0 Å². The van der Waals surface area contributed by atoms with E-state index < -0.39 is 24.0 Å². The zero-order valence-corrected chi connectivity index (χ0v) is 11.3. The molecular weight excluding hydrogens is 274 g/mol. The normalized spacial score (nSPS) is 13.4. The first-order valence-electron chi connectivity index (χ1n) is 6.31. The van der Waals surface area contributed by atoms with Gasteiger partial charge < -0.3 is 15.5 Å². The van der Waals surface area contributed by atoms with E-state index in [1.165, 1.54) is 13.0 Å². The lowest BCUT2D eigenvalue weighted by atomic mass is 10.1. The molecule has 2 rings (SSSR count). The molecule has 2 atom stereocenters. The molecule has 110 valence electrons. The van der Waals surface area contributed by atoms with Gasteiger partial charge >= 0.3 is 5.97 Å². The van der Waals surface area contributed by atoms with Gasteiger partial charge in [-0.25, -0.2) is 4.79 Å². The molecule has 4 N–H and O–H groups in total. The van der Waals surface area contributed by atoms with E-state index in [0.29, 0.717) is 5.69 Å². The maximum absolute atomic E-state index is 12.0. The second-order valence-corrected chi connectivity index (χ2v) is 4.56. The largest absolute Gasteiger partial charge is 0.480 e. The summed E-state index contributed by atoms with van der Waals surface area (Å²) in [6.45, 7) is 1.29. The molecule has 0 radical (unpaired) electrons. The molecule has 7 heteroatoms. The lowest BCUT2D eigenvalue weighted by Crippen LogP contribution is -2.47. The first-order chi connectivity index (χ1) is 9.99. The number of carbonyl (C=O) groups is 2. The third kappa shape index (κ3) is 3.46. The Kier molecular flexibility index (Phi) is 4.34. The van der Waals surface area contributed by atoms with Crippen LogP contribution in [0.4, 0.5) is 0 Å². The van der Waals surface area contributed by atoms with Gasteiger partial charge in [-0.05, 0) is 13.0 Å². The van der Waals surface area contributed by atoms with Crippen molar-refractivity contribution in [2.45, 2.75) is 19.1 Å². The molecule has 0 aliphatic heterocycles.